The van der Waals surface area contributed by atoms with Gasteiger partial charge in [-0.25, -0.2) is 15.8 Å². The maximum absolute atomic E-state index is 11.8. The second-order valence-corrected chi connectivity index (χ2v) is 3.87. The predicted molar refractivity (Wildman–Crippen MR) is 67.0 cm³/mol. The minimum Gasteiger partial charge on any atom is -0.444 e. The number of oxazole rings is 1. The standard InChI is InChI=1S/C11H14N6O2/c1-6-7(2)19-10(15-6)5-14-11(18)8-3-13-4-9(16-8)17-12/h3-4H,5,12H2,1-2H3,(H,14,18)(H,16,17). The number of nitrogens with two attached hydrogens (primary N) is 1. The first-order valence-corrected chi connectivity index (χ1v) is 5.60. The van der Waals surface area contributed by atoms with E-state index in [2.05, 4.69) is 25.7 Å². The fourth-order valence-corrected chi connectivity index (χ4v) is 1.41. The minimum absolute atomic E-state index is 0.162. The number of anilines is 1. The van der Waals surface area contributed by atoms with Crippen LogP contribution in [0.15, 0.2) is 16.8 Å². The van der Waals surface area contributed by atoms with Gasteiger partial charge in [-0.3, -0.25) is 9.78 Å². The van der Waals surface area contributed by atoms with Crippen molar-refractivity contribution in [2.45, 2.75) is 20.4 Å². The van der Waals surface area contributed by atoms with E-state index in [0.717, 1.165) is 11.5 Å². The predicted octanol–water partition coefficient (Wildman–Crippen LogP) is 0.297. The lowest BCUT2D eigenvalue weighted by molar-refractivity contribution is 0.0942. The fourth-order valence-electron chi connectivity index (χ4n) is 1.41. The first kappa shape index (κ1) is 13.0. The average Bonchev–Trinajstić information content (AvgIpc) is 2.75. The van der Waals surface area contributed by atoms with Crippen LogP contribution in [0.1, 0.15) is 27.8 Å². The van der Waals surface area contributed by atoms with Gasteiger partial charge in [0.05, 0.1) is 24.6 Å². The Morgan fingerprint density at radius 2 is 2.16 bits per heavy atom. The summed E-state index contributed by atoms with van der Waals surface area (Å²) in [5.41, 5.74) is 3.29. The van der Waals surface area contributed by atoms with E-state index in [1.807, 2.05) is 13.8 Å². The molecule has 0 radical (unpaired) electrons. The van der Waals surface area contributed by atoms with E-state index in [9.17, 15) is 4.79 Å². The van der Waals surface area contributed by atoms with Gasteiger partial charge in [-0.05, 0) is 13.8 Å². The van der Waals surface area contributed by atoms with Gasteiger partial charge in [-0.2, -0.15) is 0 Å². The molecule has 1 amide bonds. The zero-order chi connectivity index (χ0) is 13.8. The Morgan fingerprint density at radius 1 is 1.37 bits per heavy atom. The molecule has 0 spiro atoms. The third-order valence-corrected chi connectivity index (χ3v) is 2.49. The molecule has 8 heteroatoms. The molecule has 8 nitrogen and oxygen atoms in total. The van der Waals surface area contributed by atoms with Crippen LogP contribution in [0.2, 0.25) is 0 Å². The highest BCUT2D eigenvalue weighted by Crippen LogP contribution is 2.08. The SMILES string of the molecule is Cc1nc(CNC(=O)c2cncc(NN)n2)oc1C. The number of nitrogens with zero attached hydrogens (tertiary/aromatic N) is 3. The normalized spacial score (nSPS) is 10.3. The summed E-state index contributed by atoms with van der Waals surface area (Å²) >= 11 is 0. The molecule has 2 rings (SSSR count). The van der Waals surface area contributed by atoms with Crippen LogP contribution in [-0.4, -0.2) is 20.9 Å². The summed E-state index contributed by atoms with van der Waals surface area (Å²) < 4.78 is 5.35. The van der Waals surface area contributed by atoms with E-state index in [1.54, 1.807) is 0 Å². The highest BCUT2D eigenvalue weighted by molar-refractivity contribution is 5.92. The Balaban J connectivity index is 2.00. The molecular formula is C11H14N6O2. The van der Waals surface area contributed by atoms with Crippen molar-refractivity contribution in [1.82, 2.24) is 20.3 Å². The number of nitrogens with one attached hydrogen (secondary N) is 2. The van der Waals surface area contributed by atoms with Crippen LogP contribution in [0.5, 0.6) is 0 Å². The molecule has 0 aliphatic heterocycles. The number of hydrogen-bond acceptors (Lipinski definition) is 7. The van der Waals surface area contributed by atoms with Gasteiger partial charge in [0.2, 0.25) is 5.89 Å². The Kier molecular flexibility index (Phi) is 3.71. The molecule has 0 atom stereocenters. The van der Waals surface area contributed by atoms with Gasteiger partial charge in [-0.15, -0.1) is 0 Å². The van der Waals surface area contributed by atoms with E-state index in [1.165, 1.54) is 12.4 Å². The molecule has 0 saturated carbocycles. The van der Waals surface area contributed by atoms with Crippen molar-refractivity contribution in [2.75, 3.05) is 5.43 Å². The van der Waals surface area contributed by atoms with Crippen molar-refractivity contribution in [3.8, 4) is 0 Å². The van der Waals surface area contributed by atoms with Crippen LogP contribution in [0.3, 0.4) is 0 Å². The molecule has 2 aromatic heterocycles. The van der Waals surface area contributed by atoms with Gasteiger partial charge in [0.1, 0.15) is 11.5 Å². The number of rotatable bonds is 4. The van der Waals surface area contributed by atoms with Gasteiger partial charge in [0.15, 0.2) is 5.82 Å². The fraction of sp³-hybridized carbons (Fsp3) is 0.273. The van der Waals surface area contributed by atoms with Crippen molar-refractivity contribution in [2.24, 2.45) is 5.84 Å². The molecule has 0 fully saturated rings. The lowest BCUT2D eigenvalue weighted by atomic mass is 10.4. The molecular weight excluding hydrogens is 248 g/mol. The number of carbonyl (C=O) groups excluding carboxylic acids is 1. The molecule has 19 heavy (non-hydrogen) atoms. The summed E-state index contributed by atoms with van der Waals surface area (Å²) in [4.78, 5) is 23.8. The van der Waals surface area contributed by atoms with Gasteiger partial charge in [0, 0.05) is 0 Å². The summed E-state index contributed by atoms with van der Waals surface area (Å²) in [5, 5.41) is 2.64. The molecule has 0 aliphatic carbocycles. The highest BCUT2D eigenvalue weighted by atomic mass is 16.4. The van der Waals surface area contributed by atoms with Crippen LogP contribution >= 0.6 is 0 Å². The third kappa shape index (κ3) is 3.05. The number of aromatic nitrogens is 3. The first-order chi connectivity index (χ1) is 9.10. The summed E-state index contributed by atoms with van der Waals surface area (Å²) in [5.74, 6) is 6.32. The number of hydrogen-bond donors (Lipinski definition) is 3. The molecule has 0 unspecified atom stereocenters. The Morgan fingerprint density at radius 3 is 2.79 bits per heavy atom. The largest absolute Gasteiger partial charge is 0.444 e. The molecule has 0 bridgehead atoms. The Labute approximate surface area is 109 Å². The zero-order valence-electron chi connectivity index (χ0n) is 10.6. The summed E-state index contributed by atoms with van der Waals surface area (Å²) in [6.45, 7) is 3.84. The smallest absolute Gasteiger partial charge is 0.272 e. The lowest BCUT2D eigenvalue weighted by Crippen LogP contribution is -2.24. The highest BCUT2D eigenvalue weighted by Gasteiger charge is 2.11. The number of hydrazine groups is 1. The third-order valence-electron chi connectivity index (χ3n) is 2.49. The number of aryl methyl sites for hydroxylation is 2. The summed E-state index contributed by atoms with van der Waals surface area (Å²) in [6.07, 6.45) is 2.76. The van der Waals surface area contributed by atoms with Crippen molar-refractivity contribution < 1.29 is 9.21 Å². The van der Waals surface area contributed by atoms with Gasteiger partial charge in [-0.1, -0.05) is 0 Å². The van der Waals surface area contributed by atoms with Crippen molar-refractivity contribution in [1.29, 1.82) is 0 Å². The van der Waals surface area contributed by atoms with Gasteiger partial charge < -0.3 is 15.2 Å². The second-order valence-electron chi connectivity index (χ2n) is 3.87. The second kappa shape index (κ2) is 5.44. The van der Waals surface area contributed by atoms with E-state index in [4.69, 9.17) is 10.3 Å². The molecule has 0 aliphatic rings. The van der Waals surface area contributed by atoms with E-state index in [0.29, 0.717) is 11.7 Å². The lowest BCUT2D eigenvalue weighted by Gasteiger charge is -2.03. The summed E-state index contributed by atoms with van der Waals surface area (Å²) in [6, 6.07) is 0. The van der Waals surface area contributed by atoms with E-state index in [-0.39, 0.29) is 18.1 Å². The molecule has 0 saturated heterocycles. The maximum Gasteiger partial charge on any atom is 0.272 e. The minimum atomic E-state index is -0.377. The van der Waals surface area contributed by atoms with Crippen molar-refractivity contribution in [3.05, 3.63) is 35.4 Å². The number of carbonyl (C=O) groups is 1. The zero-order valence-corrected chi connectivity index (χ0v) is 10.6. The number of amides is 1. The van der Waals surface area contributed by atoms with Crippen LogP contribution in [0.25, 0.3) is 0 Å². The topological polar surface area (TPSA) is 119 Å². The quantitative estimate of drug-likeness (QED) is 0.535. The maximum atomic E-state index is 11.8. The molecule has 100 valence electrons. The van der Waals surface area contributed by atoms with Gasteiger partial charge >= 0.3 is 0 Å². The molecule has 0 aromatic carbocycles. The van der Waals surface area contributed by atoms with Crippen LogP contribution < -0.4 is 16.6 Å². The monoisotopic (exact) mass is 262 g/mol. The molecule has 4 N–H and O–H groups in total. The van der Waals surface area contributed by atoms with Crippen molar-refractivity contribution in [3.63, 3.8) is 0 Å². The van der Waals surface area contributed by atoms with Crippen LogP contribution in [0, 0.1) is 13.8 Å². The average molecular weight is 262 g/mol. The van der Waals surface area contributed by atoms with Gasteiger partial charge in [0.25, 0.3) is 5.91 Å². The number of nitrogen functional groups attached to an aromatic ring is 1. The Bertz CT molecular complexity index is 575. The van der Waals surface area contributed by atoms with Crippen molar-refractivity contribution >= 4 is 11.7 Å². The molecule has 2 aromatic rings. The summed E-state index contributed by atoms with van der Waals surface area (Å²) in [7, 11) is 0. The van der Waals surface area contributed by atoms with E-state index >= 15 is 0 Å². The van der Waals surface area contributed by atoms with Crippen LogP contribution in [0.4, 0.5) is 5.82 Å². The van der Waals surface area contributed by atoms with Crippen LogP contribution in [-0.2, 0) is 6.54 Å². The first-order valence-electron chi connectivity index (χ1n) is 5.60. The van der Waals surface area contributed by atoms with E-state index < -0.39 is 0 Å². The Hall–Kier alpha value is -2.48. The molecule has 2 heterocycles.